The zero-order valence-corrected chi connectivity index (χ0v) is 6.75. The molecule has 0 atom stereocenters. The van der Waals surface area contributed by atoms with Gasteiger partial charge in [-0.05, 0) is 22.9 Å². The van der Waals surface area contributed by atoms with Crippen LogP contribution in [0.2, 0.25) is 0 Å². The van der Waals surface area contributed by atoms with Crippen LogP contribution < -0.4 is 0 Å². The van der Waals surface area contributed by atoms with E-state index in [2.05, 4.69) is 35.7 Å². The Hall–Kier alpha value is 0.440. The van der Waals surface area contributed by atoms with Gasteiger partial charge in [-0.1, -0.05) is 18.2 Å². The van der Waals surface area contributed by atoms with Gasteiger partial charge in [-0.3, -0.25) is 0 Å². The SMILES string of the molecule is [Ar].c1ccc2sccc2c1. The largest absolute Gasteiger partial charge is 0.144 e. The topological polar surface area (TPSA) is 0 Å². The number of fused-ring (bicyclic) bond motifs is 1. The molecule has 2 rings (SSSR count). The van der Waals surface area contributed by atoms with Crippen LogP contribution in [0.25, 0.3) is 10.1 Å². The number of hydrogen-bond donors (Lipinski definition) is 0. The van der Waals surface area contributed by atoms with Crippen molar-refractivity contribution in [1.29, 1.82) is 0 Å². The van der Waals surface area contributed by atoms with Crippen molar-refractivity contribution in [2.75, 3.05) is 0 Å². The van der Waals surface area contributed by atoms with Crippen molar-refractivity contribution in [3.8, 4) is 0 Å². The summed E-state index contributed by atoms with van der Waals surface area (Å²) in [6, 6.07) is 10.5. The summed E-state index contributed by atoms with van der Waals surface area (Å²) in [6.07, 6.45) is 0. The molecular formula is C8H6ArS. The first-order valence-corrected chi connectivity index (χ1v) is 3.77. The summed E-state index contributed by atoms with van der Waals surface area (Å²) < 4.78 is 1.37. The first-order chi connectivity index (χ1) is 4.47. The fourth-order valence-electron chi connectivity index (χ4n) is 0.906. The molecule has 0 aliphatic carbocycles. The molecule has 0 spiro atoms. The summed E-state index contributed by atoms with van der Waals surface area (Å²) in [5.41, 5.74) is 0. The molecule has 0 amide bonds. The van der Waals surface area contributed by atoms with Crippen LogP contribution in [-0.2, 0) is 0 Å². The molecule has 0 fully saturated rings. The zero-order chi connectivity index (χ0) is 6.10. The van der Waals surface area contributed by atoms with Crippen molar-refractivity contribution in [2.24, 2.45) is 0 Å². The minimum absolute atomic E-state index is 0. The summed E-state index contributed by atoms with van der Waals surface area (Å²) in [4.78, 5) is 0. The second kappa shape index (κ2) is 3.72. The van der Waals surface area contributed by atoms with Crippen molar-refractivity contribution in [2.45, 2.75) is 0 Å². The van der Waals surface area contributed by atoms with E-state index < -0.39 is 0 Å². The van der Waals surface area contributed by atoms with Crippen molar-refractivity contribution in [3.05, 3.63) is 35.7 Å². The summed E-state index contributed by atoms with van der Waals surface area (Å²) in [5, 5.41) is 3.47. The van der Waals surface area contributed by atoms with Gasteiger partial charge in [0.15, 0.2) is 0 Å². The van der Waals surface area contributed by atoms with Crippen molar-refractivity contribution in [3.63, 3.8) is 0 Å². The normalized spacial score (nSPS) is 9.20. The molecule has 0 aliphatic heterocycles. The van der Waals surface area contributed by atoms with Gasteiger partial charge in [0.05, 0.1) is 0 Å². The summed E-state index contributed by atoms with van der Waals surface area (Å²) in [7, 11) is 0. The standard InChI is InChI=1S/C8H6S.Ar/c1-2-4-8-7(3-1)5-6-9-8;/h1-6H;. The number of benzene rings is 1. The second-order valence-corrected chi connectivity index (χ2v) is 2.91. The van der Waals surface area contributed by atoms with E-state index in [9.17, 15) is 0 Å². The van der Waals surface area contributed by atoms with Crippen LogP contribution in [0.1, 0.15) is 0 Å². The Morgan fingerprint density at radius 3 is 2.60 bits per heavy atom. The van der Waals surface area contributed by atoms with Crippen LogP contribution >= 0.6 is 11.3 Å². The molecule has 0 bridgehead atoms. The molecule has 10 heavy (non-hydrogen) atoms. The fourth-order valence-corrected chi connectivity index (χ4v) is 1.70. The van der Waals surface area contributed by atoms with Gasteiger partial charge in [-0.2, -0.15) is 0 Å². The average molecular weight is 174 g/mol. The van der Waals surface area contributed by atoms with E-state index in [-0.39, 0.29) is 37.7 Å². The monoisotopic (exact) mass is 174 g/mol. The second-order valence-electron chi connectivity index (χ2n) is 1.96. The predicted molar refractivity (Wildman–Crippen MR) is 41.8 cm³/mol. The van der Waals surface area contributed by atoms with E-state index in [1.807, 2.05) is 0 Å². The first-order valence-electron chi connectivity index (χ1n) is 2.89. The Bertz CT molecular complexity index is 283. The predicted octanol–water partition coefficient (Wildman–Crippen LogP) is 2.90. The third-order valence-electron chi connectivity index (χ3n) is 1.36. The number of hydrogen-bond acceptors (Lipinski definition) is 1. The molecule has 2 heteroatoms. The molecule has 1 heterocycles. The molecule has 0 saturated heterocycles. The van der Waals surface area contributed by atoms with Crippen LogP contribution in [-0.4, -0.2) is 0 Å². The number of thiophene rings is 1. The Labute approximate surface area is 93.9 Å². The fraction of sp³-hybridized carbons (Fsp3) is 0. The zero-order valence-electron chi connectivity index (χ0n) is 5.23. The van der Waals surface area contributed by atoms with Gasteiger partial charge in [0.1, 0.15) is 0 Å². The van der Waals surface area contributed by atoms with Gasteiger partial charge in [0.2, 0.25) is 0 Å². The summed E-state index contributed by atoms with van der Waals surface area (Å²) in [5.74, 6) is 0. The minimum Gasteiger partial charge on any atom is -0.144 e. The van der Waals surface area contributed by atoms with Crippen LogP contribution in [0, 0.1) is 37.7 Å². The van der Waals surface area contributed by atoms with Crippen molar-refractivity contribution < 1.29 is 37.7 Å². The molecule has 1 aromatic heterocycles. The molecular weight excluding hydrogens is 168 g/mol. The Morgan fingerprint density at radius 2 is 1.80 bits per heavy atom. The third-order valence-corrected chi connectivity index (χ3v) is 2.26. The van der Waals surface area contributed by atoms with E-state index in [4.69, 9.17) is 0 Å². The molecule has 0 saturated carbocycles. The van der Waals surface area contributed by atoms with Gasteiger partial charge in [-0.15, -0.1) is 11.3 Å². The smallest absolute Gasteiger partial charge is 0.0342 e. The summed E-state index contributed by atoms with van der Waals surface area (Å²) in [6.45, 7) is 0. The minimum atomic E-state index is 0. The molecule has 52 valence electrons. The first kappa shape index (κ1) is 8.54. The molecule has 1 aromatic carbocycles. The van der Waals surface area contributed by atoms with Gasteiger partial charge in [0.25, 0.3) is 0 Å². The maximum Gasteiger partial charge on any atom is 0.0342 e. The molecule has 0 radical (unpaired) electrons. The number of rotatable bonds is 0. The van der Waals surface area contributed by atoms with Crippen LogP contribution in [0.4, 0.5) is 0 Å². The molecule has 0 N–H and O–H groups in total. The Kier molecular flexibility index (Phi) is 3.18. The van der Waals surface area contributed by atoms with Crippen molar-refractivity contribution >= 4 is 21.4 Å². The van der Waals surface area contributed by atoms with E-state index in [0.29, 0.717) is 0 Å². The Balaban J connectivity index is 0.000000500. The molecule has 0 nitrogen and oxygen atoms in total. The maximum atomic E-state index is 2.14. The van der Waals surface area contributed by atoms with E-state index >= 15 is 0 Å². The average Bonchev–Trinajstić information content (AvgIpc) is 2.33. The summed E-state index contributed by atoms with van der Waals surface area (Å²) >= 11 is 1.79. The molecule has 0 unspecified atom stereocenters. The van der Waals surface area contributed by atoms with Gasteiger partial charge >= 0.3 is 0 Å². The maximum absolute atomic E-state index is 2.14. The van der Waals surface area contributed by atoms with Gasteiger partial charge < -0.3 is 0 Å². The third kappa shape index (κ3) is 1.54. The van der Waals surface area contributed by atoms with E-state index in [1.54, 1.807) is 11.3 Å². The quantitative estimate of drug-likeness (QED) is 0.576. The molecule has 0 aliphatic rings. The van der Waals surface area contributed by atoms with Crippen LogP contribution in [0.15, 0.2) is 35.7 Å². The Morgan fingerprint density at radius 1 is 1.00 bits per heavy atom. The van der Waals surface area contributed by atoms with Crippen molar-refractivity contribution in [1.82, 2.24) is 0 Å². The van der Waals surface area contributed by atoms with E-state index in [0.717, 1.165) is 0 Å². The van der Waals surface area contributed by atoms with Gasteiger partial charge in [0, 0.05) is 42.4 Å². The van der Waals surface area contributed by atoms with Crippen LogP contribution in [0.3, 0.4) is 0 Å². The van der Waals surface area contributed by atoms with Gasteiger partial charge in [-0.25, -0.2) is 0 Å². The van der Waals surface area contributed by atoms with E-state index in [1.165, 1.54) is 10.1 Å². The molecule has 2 aromatic rings. The van der Waals surface area contributed by atoms with Crippen LogP contribution in [0.5, 0.6) is 0 Å².